The van der Waals surface area contributed by atoms with Gasteiger partial charge in [-0.2, -0.15) is 0 Å². The zero-order valence-corrected chi connectivity index (χ0v) is 19.4. The fourth-order valence-electron chi connectivity index (χ4n) is 4.71. The Morgan fingerprint density at radius 1 is 0.970 bits per heavy atom. The number of esters is 2. The second-order valence-electron chi connectivity index (χ2n) is 9.39. The van der Waals surface area contributed by atoms with Gasteiger partial charge in [0.05, 0.1) is 7.11 Å². The highest BCUT2D eigenvalue weighted by atomic mass is 16.5. The van der Waals surface area contributed by atoms with E-state index < -0.39 is 23.3 Å². The highest BCUT2D eigenvalue weighted by Crippen LogP contribution is 2.55. The van der Waals surface area contributed by atoms with Crippen LogP contribution in [0.2, 0.25) is 0 Å². The molecule has 0 bridgehead atoms. The topological polar surface area (TPSA) is 52.6 Å². The van der Waals surface area contributed by atoms with Gasteiger partial charge in [0.25, 0.3) is 0 Å². The summed E-state index contributed by atoms with van der Waals surface area (Å²) >= 11 is 0. The van der Waals surface area contributed by atoms with Gasteiger partial charge in [-0.3, -0.25) is 4.79 Å². The summed E-state index contributed by atoms with van der Waals surface area (Å²) in [5, 5.41) is 0. The van der Waals surface area contributed by atoms with Crippen molar-refractivity contribution in [3.05, 3.63) is 113 Å². The van der Waals surface area contributed by atoms with Gasteiger partial charge in [0.2, 0.25) is 0 Å². The molecule has 2 atom stereocenters. The summed E-state index contributed by atoms with van der Waals surface area (Å²) in [6.45, 7) is 10.5. The van der Waals surface area contributed by atoms with E-state index >= 15 is 0 Å². The van der Waals surface area contributed by atoms with Crippen LogP contribution in [0.1, 0.15) is 48.9 Å². The maximum atomic E-state index is 13.9. The van der Waals surface area contributed by atoms with E-state index in [0.717, 1.165) is 22.3 Å². The van der Waals surface area contributed by atoms with Crippen LogP contribution in [0.25, 0.3) is 0 Å². The lowest BCUT2D eigenvalue weighted by Crippen LogP contribution is -2.43. The van der Waals surface area contributed by atoms with Crippen molar-refractivity contribution < 1.29 is 19.1 Å². The Morgan fingerprint density at radius 2 is 1.58 bits per heavy atom. The predicted molar refractivity (Wildman–Crippen MR) is 128 cm³/mol. The maximum absolute atomic E-state index is 13.9. The van der Waals surface area contributed by atoms with Gasteiger partial charge in [-0.1, -0.05) is 100 Å². The van der Waals surface area contributed by atoms with Crippen molar-refractivity contribution in [1.29, 1.82) is 0 Å². The van der Waals surface area contributed by atoms with Crippen LogP contribution in [-0.4, -0.2) is 19.0 Å². The number of ether oxygens (including phenoxy) is 2. The average molecular weight is 441 g/mol. The summed E-state index contributed by atoms with van der Waals surface area (Å²) in [6.07, 6.45) is 0. The van der Waals surface area contributed by atoms with Crippen molar-refractivity contribution >= 4 is 11.9 Å². The summed E-state index contributed by atoms with van der Waals surface area (Å²) in [7, 11) is 1.32. The molecule has 0 amide bonds. The van der Waals surface area contributed by atoms with Gasteiger partial charge in [-0.15, -0.1) is 0 Å². The SMILES string of the molecule is C=C(C(=O)OC)[C@@H](c1ccccc1)[C@@]1(c2ccccc2)C(=O)Oc2ccc(C(C)(C)C)cc21. The minimum Gasteiger partial charge on any atom is -0.466 e. The third kappa shape index (κ3) is 3.66. The van der Waals surface area contributed by atoms with Gasteiger partial charge in [0.15, 0.2) is 0 Å². The van der Waals surface area contributed by atoms with Crippen molar-refractivity contribution in [2.75, 3.05) is 7.11 Å². The molecule has 0 aliphatic carbocycles. The van der Waals surface area contributed by atoms with Crippen LogP contribution in [0.5, 0.6) is 5.75 Å². The smallest absolute Gasteiger partial charge is 0.333 e. The largest absolute Gasteiger partial charge is 0.466 e. The molecule has 4 nitrogen and oxygen atoms in total. The van der Waals surface area contributed by atoms with E-state index in [2.05, 4.69) is 27.4 Å². The number of methoxy groups -OCH3 is 1. The molecule has 0 N–H and O–H groups in total. The number of benzene rings is 3. The van der Waals surface area contributed by atoms with E-state index in [4.69, 9.17) is 9.47 Å². The zero-order valence-electron chi connectivity index (χ0n) is 19.4. The Hall–Kier alpha value is -3.66. The second-order valence-corrected chi connectivity index (χ2v) is 9.39. The van der Waals surface area contributed by atoms with Crippen molar-refractivity contribution in [2.45, 2.75) is 37.5 Å². The lowest BCUT2D eigenvalue weighted by Gasteiger charge is -2.36. The van der Waals surface area contributed by atoms with E-state index in [1.54, 1.807) is 0 Å². The third-order valence-electron chi connectivity index (χ3n) is 6.39. The molecule has 168 valence electrons. The van der Waals surface area contributed by atoms with Gasteiger partial charge >= 0.3 is 11.9 Å². The Balaban J connectivity index is 2.11. The van der Waals surface area contributed by atoms with Crippen molar-refractivity contribution in [3.63, 3.8) is 0 Å². The van der Waals surface area contributed by atoms with E-state index in [9.17, 15) is 9.59 Å². The predicted octanol–water partition coefficient (Wildman–Crippen LogP) is 5.70. The van der Waals surface area contributed by atoms with Crippen LogP contribution < -0.4 is 4.74 Å². The summed E-state index contributed by atoms with van der Waals surface area (Å²) in [6, 6.07) is 24.8. The summed E-state index contributed by atoms with van der Waals surface area (Å²) in [4.78, 5) is 26.8. The van der Waals surface area contributed by atoms with Gasteiger partial charge in [0, 0.05) is 17.1 Å². The highest BCUT2D eigenvalue weighted by Gasteiger charge is 2.58. The lowest BCUT2D eigenvalue weighted by atomic mass is 9.61. The third-order valence-corrected chi connectivity index (χ3v) is 6.39. The monoisotopic (exact) mass is 440 g/mol. The molecule has 4 rings (SSSR count). The van der Waals surface area contributed by atoms with Gasteiger partial charge in [0.1, 0.15) is 11.2 Å². The number of hydrogen-bond acceptors (Lipinski definition) is 4. The fourth-order valence-corrected chi connectivity index (χ4v) is 4.71. The molecule has 0 unspecified atom stereocenters. The fraction of sp³-hybridized carbons (Fsp3) is 0.241. The highest BCUT2D eigenvalue weighted by molar-refractivity contribution is 6.00. The first-order valence-corrected chi connectivity index (χ1v) is 11.0. The number of carbonyl (C=O) groups is 2. The van der Waals surface area contributed by atoms with Crippen LogP contribution in [0.4, 0.5) is 0 Å². The Kier molecular flexibility index (Phi) is 5.71. The first-order valence-electron chi connectivity index (χ1n) is 11.0. The Labute approximate surface area is 194 Å². The molecule has 0 spiro atoms. The average Bonchev–Trinajstić information content (AvgIpc) is 3.11. The molecule has 3 aromatic carbocycles. The summed E-state index contributed by atoms with van der Waals surface area (Å²) in [5.41, 5.74) is 2.05. The summed E-state index contributed by atoms with van der Waals surface area (Å²) in [5.74, 6) is -1.23. The molecule has 1 aliphatic heterocycles. The first-order chi connectivity index (χ1) is 15.7. The standard InChI is InChI=1S/C29H28O4/c1-19(26(30)32-5)25(20-12-8-6-9-13-20)29(21-14-10-7-11-15-21)23-18-22(28(2,3)4)16-17-24(23)33-27(29)31/h6-18,25H,1H2,2-5H3/t25-,29-/m0/s1. The summed E-state index contributed by atoms with van der Waals surface area (Å²) < 4.78 is 10.9. The number of rotatable bonds is 5. The molecular weight excluding hydrogens is 412 g/mol. The van der Waals surface area contributed by atoms with Crippen LogP contribution in [0.15, 0.2) is 91.0 Å². The minimum atomic E-state index is -1.30. The van der Waals surface area contributed by atoms with Crippen LogP contribution in [0, 0.1) is 0 Å². The molecule has 1 heterocycles. The van der Waals surface area contributed by atoms with Crippen molar-refractivity contribution in [2.24, 2.45) is 0 Å². The van der Waals surface area contributed by atoms with Gasteiger partial charge in [-0.05, 0) is 28.2 Å². The quantitative estimate of drug-likeness (QED) is 0.290. The number of fused-ring (bicyclic) bond motifs is 1. The molecule has 3 aromatic rings. The molecule has 4 heteroatoms. The van der Waals surface area contributed by atoms with E-state index in [-0.39, 0.29) is 11.0 Å². The minimum absolute atomic E-state index is 0.148. The van der Waals surface area contributed by atoms with Gasteiger partial charge in [-0.25, -0.2) is 4.79 Å². The molecule has 0 saturated heterocycles. The Bertz CT molecular complexity index is 1210. The van der Waals surface area contributed by atoms with Crippen LogP contribution in [0.3, 0.4) is 0 Å². The molecule has 0 aromatic heterocycles. The van der Waals surface area contributed by atoms with E-state index in [1.165, 1.54) is 7.11 Å². The molecule has 0 radical (unpaired) electrons. The maximum Gasteiger partial charge on any atom is 0.333 e. The van der Waals surface area contributed by atoms with Gasteiger partial charge < -0.3 is 9.47 Å². The van der Waals surface area contributed by atoms with Crippen LogP contribution in [-0.2, 0) is 25.2 Å². The molecule has 0 saturated carbocycles. The lowest BCUT2D eigenvalue weighted by molar-refractivity contribution is -0.138. The van der Waals surface area contributed by atoms with E-state index in [0.29, 0.717) is 5.75 Å². The normalized spacial score (nSPS) is 18.2. The molecule has 33 heavy (non-hydrogen) atoms. The number of carbonyl (C=O) groups excluding carboxylic acids is 2. The van der Waals surface area contributed by atoms with E-state index in [1.807, 2.05) is 78.9 Å². The number of hydrogen-bond donors (Lipinski definition) is 0. The van der Waals surface area contributed by atoms with Crippen molar-refractivity contribution in [3.8, 4) is 5.75 Å². The Morgan fingerprint density at radius 3 is 2.15 bits per heavy atom. The zero-order chi connectivity index (χ0) is 23.8. The molecule has 1 aliphatic rings. The first kappa shape index (κ1) is 22.5. The van der Waals surface area contributed by atoms with Crippen LogP contribution >= 0.6 is 0 Å². The van der Waals surface area contributed by atoms with Crippen molar-refractivity contribution in [1.82, 2.24) is 0 Å². The second kappa shape index (κ2) is 8.36. The molecule has 0 fully saturated rings. The molecular formula is C29H28O4.